The van der Waals surface area contributed by atoms with E-state index in [1.54, 1.807) is 6.20 Å². The third-order valence-corrected chi connectivity index (χ3v) is 5.93. The standard InChI is InChI=1S/C23H28N6O3/c30-10-9-29-8-7-20-19(14-29)22(25-12-18-2-1-11-31-18)28-23(27-20)26-17-5-3-16(4-6-17)21-13-24-15-32-21/h3-6,13,15,18,30H,1-2,7-12,14H2,(H2,25,26,27,28)/t18-/m1/s1. The molecule has 4 heterocycles. The monoisotopic (exact) mass is 436 g/mol. The van der Waals surface area contributed by atoms with Crippen LogP contribution in [0.5, 0.6) is 0 Å². The van der Waals surface area contributed by atoms with Gasteiger partial charge in [0, 0.05) is 56.0 Å². The highest BCUT2D eigenvalue weighted by atomic mass is 16.5. The number of hydrogen-bond donors (Lipinski definition) is 3. The van der Waals surface area contributed by atoms with Crippen molar-refractivity contribution >= 4 is 17.5 Å². The van der Waals surface area contributed by atoms with E-state index >= 15 is 0 Å². The molecule has 0 amide bonds. The summed E-state index contributed by atoms with van der Waals surface area (Å²) in [5.41, 5.74) is 4.01. The number of aliphatic hydroxyl groups excluding tert-OH is 1. The maximum absolute atomic E-state index is 9.35. The van der Waals surface area contributed by atoms with Crippen molar-refractivity contribution in [1.82, 2.24) is 19.9 Å². The Bertz CT molecular complexity index is 1020. The Morgan fingerprint density at radius 3 is 2.84 bits per heavy atom. The first-order valence-corrected chi connectivity index (χ1v) is 11.1. The normalized spacial score (nSPS) is 18.5. The number of oxazole rings is 1. The number of ether oxygens (including phenoxy) is 1. The summed E-state index contributed by atoms with van der Waals surface area (Å²) in [6.07, 6.45) is 6.34. The van der Waals surface area contributed by atoms with E-state index in [0.29, 0.717) is 12.5 Å². The van der Waals surface area contributed by atoms with Crippen molar-refractivity contribution in [2.24, 2.45) is 0 Å². The lowest BCUT2D eigenvalue weighted by atomic mass is 10.1. The van der Waals surface area contributed by atoms with Gasteiger partial charge in [0.2, 0.25) is 5.95 Å². The lowest BCUT2D eigenvalue weighted by Crippen LogP contribution is -2.34. The molecule has 32 heavy (non-hydrogen) atoms. The Hall–Kier alpha value is -3.01. The first-order valence-electron chi connectivity index (χ1n) is 11.1. The second kappa shape index (κ2) is 9.64. The van der Waals surface area contributed by atoms with Gasteiger partial charge in [0.1, 0.15) is 5.82 Å². The summed E-state index contributed by atoms with van der Waals surface area (Å²) < 4.78 is 11.1. The zero-order chi connectivity index (χ0) is 21.8. The fraction of sp³-hybridized carbons (Fsp3) is 0.435. The quantitative estimate of drug-likeness (QED) is 0.491. The molecule has 0 radical (unpaired) electrons. The minimum atomic E-state index is 0.151. The summed E-state index contributed by atoms with van der Waals surface area (Å²) in [5.74, 6) is 2.14. The third kappa shape index (κ3) is 4.74. The molecule has 2 aliphatic rings. The van der Waals surface area contributed by atoms with E-state index in [4.69, 9.17) is 19.1 Å². The summed E-state index contributed by atoms with van der Waals surface area (Å²) in [5, 5.41) is 16.2. The lowest BCUT2D eigenvalue weighted by molar-refractivity contribution is 0.120. The van der Waals surface area contributed by atoms with E-state index in [0.717, 1.165) is 79.6 Å². The number of aliphatic hydroxyl groups is 1. The predicted molar refractivity (Wildman–Crippen MR) is 121 cm³/mol. The van der Waals surface area contributed by atoms with Gasteiger partial charge in [-0.2, -0.15) is 4.98 Å². The third-order valence-electron chi connectivity index (χ3n) is 5.93. The Morgan fingerprint density at radius 2 is 2.09 bits per heavy atom. The van der Waals surface area contributed by atoms with Gasteiger partial charge in [-0.25, -0.2) is 9.97 Å². The second-order valence-electron chi connectivity index (χ2n) is 8.15. The van der Waals surface area contributed by atoms with Gasteiger partial charge in [-0.15, -0.1) is 0 Å². The molecule has 9 heteroatoms. The van der Waals surface area contributed by atoms with Crippen LogP contribution in [0.2, 0.25) is 0 Å². The van der Waals surface area contributed by atoms with Gasteiger partial charge >= 0.3 is 0 Å². The Balaban J connectivity index is 1.36. The van der Waals surface area contributed by atoms with Crippen LogP contribution in [-0.2, 0) is 17.7 Å². The van der Waals surface area contributed by atoms with Crippen molar-refractivity contribution in [2.75, 3.05) is 43.5 Å². The van der Waals surface area contributed by atoms with Crippen molar-refractivity contribution in [2.45, 2.75) is 31.9 Å². The average molecular weight is 437 g/mol. The molecule has 0 unspecified atom stereocenters. The fourth-order valence-corrected chi connectivity index (χ4v) is 4.23. The Labute approximate surface area is 186 Å². The van der Waals surface area contributed by atoms with Crippen LogP contribution in [0, 0.1) is 0 Å². The number of hydrogen-bond acceptors (Lipinski definition) is 9. The Kier molecular flexibility index (Phi) is 6.29. The van der Waals surface area contributed by atoms with Crippen molar-refractivity contribution < 1.29 is 14.3 Å². The van der Waals surface area contributed by atoms with Crippen LogP contribution in [-0.4, -0.2) is 63.9 Å². The van der Waals surface area contributed by atoms with Crippen LogP contribution < -0.4 is 10.6 Å². The molecule has 0 spiro atoms. The number of β-amino-alcohol motifs (C(OH)–C–C–N with tert-alkyl or cyclic N) is 1. The SMILES string of the molecule is OCCN1CCc2nc(Nc3ccc(-c4cnco4)cc3)nc(NC[C@H]3CCCO3)c2C1. The van der Waals surface area contributed by atoms with Gasteiger partial charge in [0.05, 0.1) is 24.6 Å². The molecule has 9 nitrogen and oxygen atoms in total. The second-order valence-corrected chi connectivity index (χ2v) is 8.15. The number of anilines is 3. The molecule has 0 saturated carbocycles. The predicted octanol–water partition coefficient (Wildman–Crippen LogP) is 2.82. The minimum Gasteiger partial charge on any atom is -0.444 e. The van der Waals surface area contributed by atoms with E-state index in [1.807, 2.05) is 24.3 Å². The molecule has 1 saturated heterocycles. The largest absolute Gasteiger partial charge is 0.444 e. The highest BCUT2D eigenvalue weighted by Crippen LogP contribution is 2.28. The van der Waals surface area contributed by atoms with Gasteiger partial charge in [0.25, 0.3) is 0 Å². The number of fused-ring (bicyclic) bond motifs is 1. The van der Waals surface area contributed by atoms with Crippen LogP contribution in [0.15, 0.2) is 41.3 Å². The van der Waals surface area contributed by atoms with Crippen LogP contribution in [0.25, 0.3) is 11.3 Å². The molecule has 3 aromatic rings. The maximum atomic E-state index is 9.35. The molecule has 2 aromatic heterocycles. The molecular weight excluding hydrogens is 408 g/mol. The smallest absolute Gasteiger partial charge is 0.229 e. The van der Waals surface area contributed by atoms with Crippen LogP contribution in [0.3, 0.4) is 0 Å². The van der Waals surface area contributed by atoms with E-state index in [9.17, 15) is 5.11 Å². The molecule has 1 atom stereocenters. The molecule has 168 valence electrons. The van der Waals surface area contributed by atoms with Crippen molar-refractivity contribution in [3.63, 3.8) is 0 Å². The van der Waals surface area contributed by atoms with Crippen LogP contribution in [0.4, 0.5) is 17.5 Å². The number of nitrogens with one attached hydrogen (secondary N) is 2. The zero-order valence-electron chi connectivity index (χ0n) is 18.0. The average Bonchev–Trinajstić information content (AvgIpc) is 3.53. The lowest BCUT2D eigenvalue weighted by Gasteiger charge is -2.29. The van der Waals surface area contributed by atoms with Gasteiger partial charge < -0.3 is 24.9 Å². The highest BCUT2D eigenvalue weighted by molar-refractivity contribution is 5.64. The van der Waals surface area contributed by atoms with Crippen LogP contribution in [0.1, 0.15) is 24.1 Å². The van der Waals surface area contributed by atoms with Crippen molar-refractivity contribution in [1.29, 1.82) is 0 Å². The van der Waals surface area contributed by atoms with Gasteiger partial charge in [-0.05, 0) is 37.1 Å². The van der Waals surface area contributed by atoms with Crippen molar-refractivity contribution in [3.05, 3.63) is 48.1 Å². The topological polar surface area (TPSA) is 109 Å². The van der Waals surface area contributed by atoms with Gasteiger partial charge in [-0.1, -0.05) is 0 Å². The number of nitrogens with zero attached hydrogens (tertiary/aromatic N) is 4. The summed E-state index contributed by atoms with van der Waals surface area (Å²) in [6, 6.07) is 7.90. The maximum Gasteiger partial charge on any atom is 0.229 e. The van der Waals surface area contributed by atoms with Gasteiger partial charge in [-0.3, -0.25) is 4.90 Å². The van der Waals surface area contributed by atoms with E-state index < -0.39 is 0 Å². The van der Waals surface area contributed by atoms with E-state index in [1.165, 1.54) is 6.39 Å². The van der Waals surface area contributed by atoms with Crippen LogP contribution >= 0.6 is 0 Å². The fourth-order valence-electron chi connectivity index (χ4n) is 4.23. The summed E-state index contributed by atoms with van der Waals surface area (Å²) in [7, 11) is 0. The molecule has 1 aromatic carbocycles. The Morgan fingerprint density at radius 1 is 1.19 bits per heavy atom. The molecule has 5 rings (SSSR count). The first kappa shape index (κ1) is 20.9. The van der Waals surface area contributed by atoms with E-state index in [-0.39, 0.29) is 12.7 Å². The highest BCUT2D eigenvalue weighted by Gasteiger charge is 2.23. The minimum absolute atomic E-state index is 0.151. The molecule has 3 N–H and O–H groups in total. The summed E-state index contributed by atoms with van der Waals surface area (Å²) in [4.78, 5) is 15.8. The molecule has 0 bridgehead atoms. The van der Waals surface area contributed by atoms with Crippen molar-refractivity contribution in [3.8, 4) is 11.3 Å². The summed E-state index contributed by atoms with van der Waals surface area (Å²) in [6.45, 7) is 3.97. The molecule has 1 fully saturated rings. The van der Waals surface area contributed by atoms with E-state index in [2.05, 4.69) is 20.5 Å². The number of benzene rings is 1. The zero-order valence-corrected chi connectivity index (χ0v) is 18.0. The number of rotatable bonds is 8. The molecule has 2 aliphatic heterocycles. The molecular formula is C23H28N6O3. The number of aromatic nitrogens is 3. The summed E-state index contributed by atoms with van der Waals surface area (Å²) >= 11 is 0. The molecule has 0 aliphatic carbocycles. The van der Waals surface area contributed by atoms with Gasteiger partial charge in [0.15, 0.2) is 12.2 Å². The first-order chi connectivity index (χ1) is 15.8.